The van der Waals surface area contributed by atoms with Crippen molar-refractivity contribution >= 4 is 34.4 Å². The quantitative estimate of drug-likeness (QED) is 0.211. The first kappa shape index (κ1) is 32.6. The zero-order valence-electron chi connectivity index (χ0n) is 20.3. The fourth-order valence-corrected chi connectivity index (χ4v) is 3.16. The molecule has 2 aromatic carbocycles. The first-order valence-corrected chi connectivity index (χ1v) is 11.1. The van der Waals surface area contributed by atoms with Crippen molar-refractivity contribution < 1.29 is 50.9 Å². The van der Waals surface area contributed by atoms with Gasteiger partial charge in [-0.05, 0) is 35.4 Å². The summed E-state index contributed by atoms with van der Waals surface area (Å²) in [6.07, 6.45) is -6.75. The second-order valence-electron chi connectivity index (χ2n) is 7.65. The number of carboxylic acids is 2. The highest BCUT2D eigenvalue weighted by Crippen LogP contribution is 2.30. The second kappa shape index (κ2) is 13.1. The second-order valence-corrected chi connectivity index (χ2v) is 8.09. The van der Waals surface area contributed by atoms with Gasteiger partial charge in [-0.1, -0.05) is 23.7 Å². The number of nitrogens with two attached hydrogens (primary N) is 1. The molecule has 0 radical (unpaired) electrons. The third-order valence-electron chi connectivity index (χ3n) is 4.83. The van der Waals surface area contributed by atoms with Crippen molar-refractivity contribution in [2.24, 2.45) is 5.73 Å². The standard InChI is InChI=1S/C19H16ClN5O2.2C2HF3O2/c1-27-15-7-11(12-8-22-23-9-12)6-14-17(15)24-18(25-19(14)26)16(21)10-3-2-4-13(20)5-10;2*3-2(4,5)1(6)7/h2-9,16H,21H2,1H3,(H,22,23)(H,24,25,26);2*(H,6,7). The van der Waals surface area contributed by atoms with Gasteiger partial charge in [0, 0.05) is 16.8 Å². The maximum atomic E-state index is 12.7. The largest absolute Gasteiger partial charge is 0.494 e. The summed E-state index contributed by atoms with van der Waals surface area (Å²) in [6, 6.07) is 10.1. The lowest BCUT2D eigenvalue weighted by Crippen LogP contribution is -2.21. The van der Waals surface area contributed by atoms with E-state index in [0.717, 1.165) is 16.7 Å². The molecule has 18 heteroatoms. The zero-order chi connectivity index (χ0) is 31.1. The van der Waals surface area contributed by atoms with Gasteiger partial charge in [0.15, 0.2) is 0 Å². The summed E-state index contributed by atoms with van der Waals surface area (Å²) in [7, 11) is 1.54. The fourth-order valence-electron chi connectivity index (χ4n) is 2.96. The smallest absolute Gasteiger partial charge is 0.490 e. The van der Waals surface area contributed by atoms with Crippen LogP contribution in [0.3, 0.4) is 0 Å². The van der Waals surface area contributed by atoms with Crippen LogP contribution in [-0.4, -0.2) is 61.8 Å². The van der Waals surface area contributed by atoms with Gasteiger partial charge < -0.3 is 25.7 Å². The molecule has 0 aliphatic rings. The summed E-state index contributed by atoms with van der Waals surface area (Å²) < 4.78 is 68.9. The lowest BCUT2D eigenvalue weighted by atomic mass is 10.0. The van der Waals surface area contributed by atoms with Crippen LogP contribution in [0.15, 0.2) is 53.6 Å². The van der Waals surface area contributed by atoms with Gasteiger partial charge in [0.2, 0.25) is 0 Å². The summed E-state index contributed by atoms with van der Waals surface area (Å²) >= 11 is 6.04. The number of rotatable bonds is 4. The molecule has 1 atom stereocenters. The Morgan fingerprint density at radius 1 is 1.02 bits per heavy atom. The summed E-state index contributed by atoms with van der Waals surface area (Å²) in [6.45, 7) is 0. The molecule has 4 aromatic rings. The van der Waals surface area contributed by atoms with E-state index in [4.69, 9.17) is 41.9 Å². The van der Waals surface area contributed by atoms with Crippen LogP contribution in [0, 0.1) is 0 Å². The van der Waals surface area contributed by atoms with E-state index >= 15 is 0 Å². The van der Waals surface area contributed by atoms with Gasteiger partial charge in [-0.2, -0.15) is 31.4 Å². The van der Waals surface area contributed by atoms with E-state index in [1.807, 2.05) is 12.1 Å². The van der Waals surface area contributed by atoms with Crippen molar-refractivity contribution in [3.05, 3.63) is 75.6 Å². The molecule has 1 unspecified atom stereocenters. The van der Waals surface area contributed by atoms with E-state index < -0.39 is 30.3 Å². The first-order valence-electron chi connectivity index (χ1n) is 10.7. The first-order chi connectivity index (χ1) is 18.9. The van der Waals surface area contributed by atoms with E-state index in [-0.39, 0.29) is 5.56 Å². The van der Waals surface area contributed by atoms with Gasteiger partial charge in [-0.3, -0.25) is 9.89 Å². The number of carbonyl (C=O) groups is 2. The van der Waals surface area contributed by atoms with E-state index in [2.05, 4.69) is 20.2 Å². The number of nitrogens with one attached hydrogen (secondary N) is 2. The molecule has 0 aliphatic carbocycles. The number of methoxy groups -OCH3 is 1. The average Bonchev–Trinajstić information content (AvgIpc) is 3.42. The van der Waals surface area contributed by atoms with Gasteiger partial charge in [0.25, 0.3) is 5.56 Å². The minimum Gasteiger partial charge on any atom is -0.494 e. The molecule has 220 valence electrons. The molecule has 0 saturated carbocycles. The third kappa shape index (κ3) is 8.94. The molecule has 0 fully saturated rings. The Labute approximate surface area is 229 Å². The molecule has 11 nitrogen and oxygen atoms in total. The highest BCUT2D eigenvalue weighted by Gasteiger charge is 2.38. The minimum absolute atomic E-state index is 0.295. The van der Waals surface area contributed by atoms with Crippen molar-refractivity contribution in [2.45, 2.75) is 18.4 Å². The van der Waals surface area contributed by atoms with Crippen LogP contribution in [0.1, 0.15) is 17.4 Å². The van der Waals surface area contributed by atoms with Crippen LogP contribution in [-0.2, 0) is 9.59 Å². The van der Waals surface area contributed by atoms with E-state index in [1.165, 1.54) is 7.11 Å². The lowest BCUT2D eigenvalue weighted by molar-refractivity contribution is -0.193. The van der Waals surface area contributed by atoms with Crippen molar-refractivity contribution in [1.29, 1.82) is 0 Å². The van der Waals surface area contributed by atoms with Gasteiger partial charge in [-0.15, -0.1) is 0 Å². The van der Waals surface area contributed by atoms with Crippen LogP contribution in [0.2, 0.25) is 5.02 Å². The van der Waals surface area contributed by atoms with Crippen molar-refractivity contribution in [3.63, 3.8) is 0 Å². The molecule has 0 aliphatic heterocycles. The molecular weight excluding hydrogens is 592 g/mol. The van der Waals surface area contributed by atoms with E-state index in [9.17, 15) is 31.1 Å². The number of alkyl halides is 6. The van der Waals surface area contributed by atoms with E-state index in [1.54, 1.807) is 36.7 Å². The molecule has 0 saturated heterocycles. The highest BCUT2D eigenvalue weighted by atomic mass is 35.5. The fraction of sp³-hybridized carbons (Fsp3) is 0.174. The van der Waals surface area contributed by atoms with E-state index in [0.29, 0.717) is 27.5 Å². The number of aromatic amines is 2. The number of aromatic nitrogens is 4. The monoisotopic (exact) mass is 609 g/mol. The van der Waals surface area contributed by atoms with Crippen LogP contribution < -0.4 is 16.0 Å². The van der Waals surface area contributed by atoms with Gasteiger partial charge in [0.05, 0.1) is 24.7 Å². The molecule has 2 aromatic heterocycles. The van der Waals surface area contributed by atoms with Crippen LogP contribution >= 0.6 is 11.6 Å². The van der Waals surface area contributed by atoms with Gasteiger partial charge >= 0.3 is 24.3 Å². The minimum atomic E-state index is -5.08. The average molecular weight is 610 g/mol. The topological polar surface area (TPSA) is 184 Å². The number of H-pyrrole nitrogens is 2. The Hall–Kier alpha value is -4.64. The Bertz CT molecular complexity index is 1550. The predicted molar refractivity (Wildman–Crippen MR) is 131 cm³/mol. The van der Waals surface area contributed by atoms with Crippen LogP contribution in [0.4, 0.5) is 26.3 Å². The molecule has 41 heavy (non-hydrogen) atoms. The summed E-state index contributed by atoms with van der Waals surface area (Å²) in [5.74, 6) is -4.70. The molecule has 0 amide bonds. The summed E-state index contributed by atoms with van der Waals surface area (Å²) in [4.78, 5) is 37.9. The van der Waals surface area contributed by atoms with Crippen molar-refractivity contribution in [3.8, 4) is 16.9 Å². The number of aliphatic carboxylic acids is 2. The number of fused-ring (bicyclic) bond motifs is 1. The number of halogens is 7. The molecule has 2 heterocycles. The van der Waals surface area contributed by atoms with Crippen LogP contribution in [0.25, 0.3) is 22.0 Å². The normalized spacial score (nSPS) is 11.9. The molecule has 0 bridgehead atoms. The number of benzene rings is 2. The Morgan fingerprint density at radius 2 is 1.61 bits per heavy atom. The Kier molecular flexibility index (Phi) is 10.4. The Balaban J connectivity index is 0.000000349. The molecule has 0 spiro atoms. The number of nitrogens with zero attached hydrogens (tertiary/aromatic N) is 2. The maximum absolute atomic E-state index is 12.7. The molecular formula is C23H18ClF6N5O6. The SMILES string of the molecule is COc1cc(-c2cn[nH]c2)cc2c(=O)[nH]c(C(N)c3cccc(Cl)c3)nc12.O=C(O)C(F)(F)F.O=C(O)C(F)(F)F. The third-order valence-corrected chi connectivity index (χ3v) is 5.07. The number of carboxylic acid groups (broad SMARTS) is 2. The predicted octanol–water partition coefficient (Wildman–Crippen LogP) is 4.29. The summed E-state index contributed by atoms with van der Waals surface area (Å²) in [5.41, 5.74) is 8.84. The Morgan fingerprint density at radius 3 is 2.07 bits per heavy atom. The highest BCUT2D eigenvalue weighted by molar-refractivity contribution is 6.30. The zero-order valence-corrected chi connectivity index (χ0v) is 21.1. The summed E-state index contributed by atoms with van der Waals surface area (Å²) in [5, 5.41) is 21.9. The van der Waals surface area contributed by atoms with Crippen molar-refractivity contribution in [1.82, 2.24) is 20.2 Å². The van der Waals surface area contributed by atoms with Crippen LogP contribution in [0.5, 0.6) is 5.75 Å². The maximum Gasteiger partial charge on any atom is 0.490 e. The number of ether oxygens (including phenoxy) is 1. The molecule has 6 N–H and O–H groups in total. The lowest BCUT2D eigenvalue weighted by Gasteiger charge is -2.14. The number of hydrogen-bond donors (Lipinski definition) is 5. The van der Waals surface area contributed by atoms with Gasteiger partial charge in [-0.25, -0.2) is 14.6 Å². The van der Waals surface area contributed by atoms with Crippen molar-refractivity contribution in [2.75, 3.05) is 7.11 Å². The molecule has 4 rings (SSSR count). The number of hydrogen-bond acceptors (Lipinski definition) is 7. The van der Waals surface area contributed by atoms with Gasteiger partial charge in [0.1, 0.15) is 17.1 Å².